The van der Waals surface area contributed by atoms with Crippen LogP contribution in [0.25, 0.3) is 0 Å². The Labute approximate surface area is 99.8 Å². The van der Waals surface area contributed by atoms with E-state index >= 15 is 0 Å². The van der Waals surface area contributed by atoms with Crippen LogP contribution in [0.1, 0.15) is 30.8 Å². The smallest absolute Gasteiger partial charge is 0.313 e. The maximum atomic E-state index is 11.7. The summed E-state index contributed by atoms with van der Waals surface area (Å²) in [7, 11) is 0. The standard InChI is InChI=1S/C12H15NO4/c1-3-16-9-5-6-13-10(7-9)11(14)8-12(15)17-4-2/h5-7H,3-4,8H2,1-2H3. The summed E-state index contributed by atoms with van der Waals surface area (Å²) in [5, 5.41) is 0. The van der Waals surface area contributed by atoms with Gasteiger partial charge in [-0.3, -0.25) is 14.6 Å². The Bertz CT molecular complexity index is 403. The van der Waals surface area contributed by atoms with Crippen molar-refractivity contribution >= 4 is 11.8 Å². The van der Waals surface area contributed by atoms with Crippen molar-refractivity contribution in [3.05, 3.63) is 24.0 Å². The molecule has 0 aliphatic heterocycles. The molecule has 0 saturated carbocycles. The zero-order valence-electron chi connectivity index (χ0n) is 9.93. The SMILES string of the molecule is CCOC(=O)CC(=O)c1cc(OCC)ccn1. The van der Waals surface area contributed by atoms with E-state index < -0.39 is 5.97 Å². The second-order valence-corrected chi connectivity index (χ2v) is 3.21. The van der Waals surface area contributed by atoms with Gasteiger partial charge >= 0.3 is 5.97 Å². The van der Waals surface area contributed by atoms with Gasteiger partial charge in [-0.15, -0.1) is 0 Å². The van der Waals surface area contributed by atoms with E-state index in [2.05, 4.69) is 4.98 Å². The summed E-state index contributed by atoms with van der Waals surface area (Å²) in [4.78, 5) is 26.7. The minimum Gasteiger partial charge on any atom is -0.494 e. The topological polar surface area (TPSA) is 65.5 Å². The molecule has 0 amide bonds. The molecule has 1 aromatic rings. The zero-order chi connectivity index (χ0) is 12.7. The van der Waals surface area contributed by atoms with Gasteiger partial charge < -0.3 is 9.47 Å². The maximum absolute atomic E-state index is 11.7. The van der Waals surface area contributed by atoms with Crippen LogP contribution in [0.4, 0.5) is 0 Å². The number of esters is 1. The fraction of sp³-hybridized carbons (Fsp3) is 0.417. The number of aromatic nitrogens is 1. The number of pyridine rings is 1. The van der Waals surface area contributed by atoms with E-state index in [1.165, 1.54) is 12.3 Å². The Morgan fingerprint density at radius 3 is 2.71 bits per heavy atom. The molecule has 0 aliphatic carbocycles. The van der Waals surface area contributed by atoms with Crippen molar-refractivity contribution in [3.8, 4) is 5.75 Å². The number of Topliss-reactive ketones (excluding diaryl/α,β-unsaturated/α-hetero) is 1. The molecule has 0 unspecified atom stereocenters. The van der Waals surface area contributed by atoms with Crippen LogP contribution in [0.3, 0.4) is 0 Å². The number of rotatable bonds is 6. The molecule has 0 aliphatic rings. The molecule has 1 rings (SSSR count). The highest BCUT2D eigenvalue weighted by Crippen LogP contribution is 2.12. The minimum atomic E-state index is -0.541. The third-order valence-corrected chi connectivity index (χ3v) is 1.94. The van der Waals surface area contributed by atoms with Crippen LogP contribution in [0.5, 0.6) is 5.75 Å². The van der Waals surface area contributed by atoms with Gasteiger partial charge in [0, 0.05) is 12.3 Å². The molecule has 1 aromatic heterocycles. The lowest BCUT2D eigenvalue weighted by atomic mass is 10.2. The minimum absolute atomic E-state index is 0.212. The fourth-order valence-electron chi connectivity index (χ4n) is 1.25. The maximum Gasteiger partial charge on any atom is 0.313 e. The molecular weight excluding hydrogens is 222 g/mol. The first-order valence-electron chi connectivity index (χ1n) is 5.45. The lowest BCUT2D eigenvalue weighted by molar-refractivity contribution is -0.141. The number of hydrogen-bond acceptors (Lipinski definition) is 5. The van der Waals surface area contributed by atoms with E-state index in [9.17, 15) is 9.59 Å². The second-order valence-electron chi connectivity index (χ2n) is 3.21. The van der Waals surface area contributed by atoms with Gasteiger partial charge in [0.1, 0.15) is 17.9 Å². The molecule has 0 atom stereocenters. The third kappa shape index (κ3) is 4.22. The van der Waals surface area contributed by atoms with Gasteiger partial charge in [-0.1, -0.05) is 0 Å². The number of carbonyl (C=O) groups is 2. The normalized spacial score (nSPS) is 9.76. The largest absolute Gasteiger partial charge is 0.494 e. The summed E-state index contributed by atoms with van der Waals surface area (Å²) < 4.78 is 9.93. The number of ether oxygens (including phenoxy) is 2. The van der Waals surface area contributed by atoms with Gasteiger partial charge in [-0.2, -0.15) is 0 Å². The molecule has 5 nitrogen and oxygen atoms in total. The first kappa shape index (κ1) is 13.2. The Morgan fingerprint density at radius 2 is 2.06 bits per heavy atom. The Hall–Kier alpha value is -1.91. The summed E-state index contributed by atoms with van der Waals surface area (Å²) in [5.74, 6) is -0.346. The van der Waals surface area contributed by atoms with Crippen LogP contribution in [0, 0.1) is 0 Å². The monoisotopic (exact) mass is 237 g/mol. The summed E-state index contributed by atoms with van der Waals surface area (Å²) in [6.07, 6.45) is 1.18. The summed E-state index contributed by atoms with van der Waals surface area (Å²) in [6, 6.07) is 3.18. The van der Waals surface area contributed by atoms with E-state index in [0.29, 0.717) is 12.4 Å². The van der Waals surface area contributed by atoms with E-state index in [-0.39, 0.29) is 24.5 Å². The predicted molar refractivity (Wildman–Crippen MR) is 61.0 cm³/mol. The first-order chi connectivity index (χ1) is 8.17. The number of hydrogen-bond donors (Lipinski definition) is 0. The molecular formula is C12H15NO4. The van der Waals surface area contributed by atoms with Crippen LogP contribution in [0.15, 0.2) is 18.3 Å². The highest BCUT2D eigenvalue weighted by atomic mass is 16.5. The van der Waals surface area contributed by atoms with Crippen molar-refractivity contribution in [1.82, 2.24) is 4.98 Å². The van der Waals surface area contributed by atoms with Crippen LogP contribution in [-0.4, -0.2) is 30.0 Å². The van der Waals surface area contributed by atoms with Crippen molar-refractivity contribution < 1.29 is 19.1 Å². The van der Waals surface area contributed by atoms with Gasteiger partial charge in [0.2, 0.25) is 0 Å². The van der Waals surface area contributed by atoms with Crippen molar-refractivity contribution in [1.29, 1.82) is 0 Å². The van der Waals surface area contributed by atoms with Crippen molar-refractivity contribution in [2.75, 3.05) is 13.2 Å². The van der Waals surface area contributed by atoms with Gasteiger partial charge in [-0.05, 0) is 19.9 Å². The Balaban J connectivity index is 2.68. The van der Waals surface area contributed by atoms with Gasteiger partial charge in [0.15, 0.2) is 5.78 Å². The third-order valence-electron chi connectivity index (χ3n) is 1.94. The molecule has 0 spiro atoms. The van der Waals surface area contributed by atoms with Crippen LogP contribution in [-0.2, 0) is 9.53 Å². The van der Waals surface area contributed by atoms with Crippen LogP contribution >= 0.6 is 0 Å². The Kier molecular flexibility index (Phi) is 5.13. The highest BCUT2D eigenvalue weighted by molar-refractivity contribution is 6.04. The van der Waals surface area contributed by atoms with Crippen molar-refractivity contribution in [2.24, 2.45) is 0 Å². The van der Waals surface area contributed by atoms with Crippen LogP contribution in [0.2, 0.25) is 0 Å². The van der Waals surface area contributed by atoms with Crippen molar-refractivity contribution in [3.63, 3.8) is 0 Å². The fourth-order valence-corrected chi connectivity index (χ4v) is 1.25. The molecule has 17 heavy (non-hydrogen) atoms. The van der Waals surface area contributed by atoms with E-state index in [0.717, 1.165) is 0 Å². The number of ketones is 1. The van der Waals surface area contributed by atoms with E-state index in [1.54, 1.807) is 13.0 Å². The molecule has 0 saturated heterocycles. The van der Waals surface area contributed by atoms with Crippen LogP contribution < -0.4 is 4.74 Å². The highest BCUT2D eigenvalue weighted by Gasteiger charge is 2.14. The molecule has 1 heterocycles. The van der Waals surface area contributed by atoms with E-state index in [4.69, 9.17) is 9.47 Å². The summed E-state index contributed by atoms with van der Waals surface area (Å²) in [6.45, 7) is 4.31. The molecule has 0 fully saturated rings. The van der Waals surface area contributed by atoms with E-state index in [1.807, 2.05) is 6.92 Å². The average Bonchev–Trinajstić information content (AvgIpc) is 2.30. The lowest BCUT2D eigenvalue weighted by Crippen LogP contribution is -2.12. The van der Waals surface area contributed by atoms with Gasteiger partial charge in [0.05, 0.1) is 13.2 Å². The molecule has 92 valence electrons. The summed E-state index contributed by atoms with van der Waals surface area (Å²) >= 11 is 0. The van der Waals surface area contributed by atoms with Crippen molar-refractivity contribution in [2.45, 2.75) is 20.3 Å². The van der Waals surface area contributed by atoms with Gasteiger partial charge in [0.25, 0.3) is 0 Å². The molecule has 0 N–H and O–H groups in total. The molecule has 0 aromatic carbocycles. The zero-order valence-corrected chi connectivity index (χ0v) is 9.93. The predicted octanol–water partition coefficient (Wildman–Crippen LogP) is 1.62. The molecule has 5 heteroatoms. The Morgan fingerprint density at radius 1 is 1.29 bits per heavy atom. The number of carbonyl (C=O) groups excluding carboxylic acids is 2. The molecule has 0 bridgehead atoms. The average molecular weight is 237 g/mol. The number of nitrogens with zero attached hydrogens (tertiary/aromatic N) is 1. The molecule has 0 radical (unpaired) electrons. The lowest BCUT2D eigenvalue weighted by Gasteiger charge is -2.04. The quantitative estimate of drug-likeness (QED) is 0.427. The summed E-state index contributed by atoms with van der Waals surface area (Å²) in [5.41, 5.74) is 0.212. The second kappa shape index (κ2) is 6.62. The first-order valence-corrected chi connectivity index (χ1v) is 5.45. The van der Waals surface area contributed by atoms with Gasteiger partial charge in [-0.25, -0.2) is 0 Å².